The second-order valence-corrected chi connectivity index (χ2v) is 15.4. The van der Waals surface area contributed by atoms with Crippen LogP contribution in [0.5, 0.6) is 0 Å². The summed E-state index contributed by atoms with van der Waals surface area (Å²) in [5, 5.41) is 1.39. The highest BCUT2D eigenvalue weighted by Gasteiger charge is 2.22. The molecule has 0 aliphatic carbocycles. The van der Waals surface area contributed by atoms with Crippen LogP contribution in [0.3, 0.4) is 0 Å². The van der Waals surface area contributed by atoms with Crippen molar-refractivity contribution in [3.05, 3.63) is 218 Å². The van der Waals surface area contributed by atoms with Gasteiger partial charge < -0.3 is 4.57 Å². The predicted octanol–water partition coefficient (Wildman–Crippen LogP) is 15.3. The van der Waals surface area contributed by atoms with Crippen LogP contribution < -0.4 is 0 Å². The number of thiophene rings is 1. The molecule has 62 heavy (non-hydrogen) atoms. The highest BCUT2D eigenvalue weighted by atomic mass is 32.1. The topological polar surface area (TPSA) is 43.6 Å². The van der Waals surface area contributed by atoms with E-state index in [0.29, 0.717) is 17.0 Å². The second-order valence-electron chi connectivity index (χ2n) is 14.3. The number of nitrogens with zero attached hydrogens (tertiary/aromatic N) is 4. The SMILES string of the molecule is [2H]c1c([2H])c([2H])c(-c2c([2H])c([2H])c3c(c2[2H])c2c([2H])c(-c4c([2H])c([2H])c([2H])c([2H])c4[2H])c([2H])c([2H])c2n3-c2ccccc2-c2nc(-c3ccccc3-c3ccccc3)nc(-c3cccc4c3sc3ccccc34)n2)c([2H])c1[2H]. The minimum atomic E-state index is -0.768. The first-order chi connectivity index (χ1) is 37.4. The fourth-order valence-corrected chi connectivity index (χ4v) is 9.13. The molecule has 12 rings (SSSR count). The van der Waals surface area contributed by atoms with Gasteiger partial charge in [0.15, 0.2) is 17.5 Å². The number of hydrogen-bond donors (Lipinski definition) is 0. The Labute approximate surface area is 385 Å². The Kier molecular flexibility index (Phi) is 5.57. The lowest BCUT2D eigenvalue weighted by atomic mass is 9.99. The molecule has 0 spiro atoms. The van der Waals surface area contributed by atoms with Gasteiger partial charge in [-0.05, 0) is 81.8 Å². The van der Waals surface area contributed by atoms with Crippen molar-refractivity contribution in [1.29, 1.82) is 0 Å². The van der Waals surface area contributed by atoms with Gasteiger partial charge in [0, 0.05) is 47.6 Å². The lowest BCUT2D eigenvalue weighted by Crippen LogP contribution is -2.04. The molecule has 5 heteroatoms. The number of fused-ring (bicyclic) bond motifs is 6. The van der Waals surface area contributed by atoms with Gasteiger partial charge >= 0.3 is 0 Å². The van der Waals surface area contributed by atoms with Crippen LogP contribution in [0.2, 0.25) is 0 Å². The summed E-state index contributed by atoms with van der Waals surface area (Å²) in [4.78, 5) is 15.6. The van der Waals surface area contributed by atoms with Gasteiger partial charge in [0.1, 0.15) is 0 Å². The van der Waals surface area contributed by atoms with Gasteiger partial charge in [-0.3, -0.25) is 0 Å². The standard InChI is InChI=1S/C57H36N4S/c1-4-17-37(18-5-1)40-31-33-51-48(35-40)49-36-41(38-19-6-2-7-20-38)32-34-52(49)61(51)50-29-14-12-26-46(50)56-58-55(45-25-11-10-23-42(45)39-21-8-3-9-22-39)59-57(60-56)47-28-16-27-44-43-24-13-15-30-53(43)62-54(44)47/h1-36H/i1D,2D,4D,5D,6D,7D,17D,18D,19D,20D,31D,32D,33D,34D,35D,36D. The Balaban J connectivity index is 1.23. The average molecular weight is 825 g/mol. The first kappa shape index (κ1) is 23.1. The molecule has 3 aromatic heterocycles. The van der Waals surface area contributed by atoms with Crippen molar-refractivity contribution in [3.8, 4) is 73.2 Å². The van der Waals surface area contributed by atoms with E-state index in [0.717, 1.165) is 31.3 Å². The monoisotopic (exact) mass is 824 g/mol. The van der Waals surface area contributed by atoms with Crippen LogP contribution in [0, 0.1) is 0 Å². The van der Waals surface area contributed by atoms with Gasteiger partial charge in [0.2, 0.25) is 0 Å². The normalized spacial score (nSPS) is 15.2. The second kappa shape index (κ2) is 14.9. The minimum Gasteiger partial charge on any atom is -0.309 e. The molecule has 0 amide bonds. The average Bonchev–Trinajstić information content (AvgIpc) is 4.20. The van der Waals surface area contributed by atoms with Crippen LogP contribution in [-0.2, 0) is 0 Å². The molecule has 12 aromatic rings. The molecule has 0 aliphatic heterocycles. The molecule has 9 aromatic carbocycles. The van der Waals surface area contributed by atoms with Crippen molar-refractivity contribution in [2.75, 3.05) is 0 Å². The minimum absolute atomic E-state index is 0.0977. The summed E-state index contributed by atoms with van der Waals surface area (Å²) < 4.78 is 148. The molecule has 4 nitrogen and oxygen atoms in total. The van der Waals surface area contributed by atoms with Crippen molar-refractivity contribution >= 4 is 53.3 Å². The van der Waals surface area contributed by atoms with E-state index in [2.05, 4.69) is 6.07 Å². The zero-order valence-electron chi connectivity index (χ0n) is 48.2. The summed E-state index contributed by atoms with van der Waals surface area (Å²) in [5.41, 5.74) is 0.700. The molecule has 0 N–H and O–H groups in total. The first-order valence-electron chi connectivity index (χ1n) is 27.6. The third-order valence-electron chi connectivity index (χ3n) is 10.7. The van der Waals surface area contributed by atoms with Gasteiger partial charge in [-0.1, -0.05) is 170 Å². The number of benzene rings is 9. The summed E-state index contributed by atoms with van der Waals surface area (Å²) in [6.45, 7) is 0. The lowest BCUT2D eigenvalue weighted by molar-refractivity contribution is 1.07. The molecule has 0 saturated carbocycles. The summed E-state index contributed by atoms with van der Waals surface area (Å²) in [6.07, 6.45) is 0. The fourth-order valence-electron chi connectivity index (χ4n) is 7.92. The molecule has 0 radical (unpaired) electrons. The summed E-state index contributed by atoms with van der Waals surface area (Å²) >= 11 is 1.58. The fraction of sp³-hybridized carbons (Fsp3) is 0. The molecular weight excluding hydrogens is 773 g/mol. The highest BCUT2D eigenvalue weighted by molar-refractivity contribution is 7.26. The highest BCUT2D eigenvalue weighted by Crippen LogP contribution is 2.42. The summed E-state index contributed by atoms with van der Waals surface area (Å²) in [5.74, 6) is 0.674. The molecule has 0 unspecified atom stereocenters. The van der Waals surface area contributed by atoms with Crippen LogP contribution >= 0.6 is 11.3 Å². The van der Waals surface area contributed by atoms with E-state index in [-0.39, 0.29) is 44.7 Å². The van der Waals surface area contributed by atoms with Crippen molar-refractivity contribution in [2.24, 2.45) is 0 Å². The Morgan fingerprint density at radius 3 is 1.56 bits per heavy atom. The van der Waals surface area contributed by atoms with E-state index in [4.69, 9.17) is 28.7 Å². The molecule has 0 atom stereocenters. The number of para-hydroxylation sites is 1. The zero-order chi connectivity index (χ0) is 54.9. The molecule has 0 saturated heterocycles. The zero-order valence-corrected chi connectivity index (χ0v) is 33.1. The van der Waals surface area contributed by atoms with Crippen molar-refractivity contribution < 1.29 is 21.9 Å². The maximum Gasteiger partial charge on any atom is 0.166 e. The molecular formula is C57H36N4S. The van der Waals surface area contributed by atoms with E-state index >= 15 is 0 Å². The maximum atomic E-state index is 9.96. The number of hydrogen-bond acceptors (Lipinski definition) is 4. The lowest BCUT2D eigenvalue weighted by Gasteiger charge is -2.16. The van der Waals surface area contributed by atoms with E-state index in [1.807, 2.05) is 91.0 Å². The Morgan fingerprint density at radius 1 is 0.371 bits per heavy atom. The molecule has 0 aliphatic rings. The largest absolute Gasteiger partial charge is 0.309 e. The van der Waals surface area contributed by atoms with Crippen LogP contribution in [0.15, 0.2) is 218 Å². The summed E-state index contributed by atoms with van der Waals surface area (Å²) in [6, 6.07) is 26.3. The molecule has 0 bridgehead atoms. The Hall–Kier alpha value is -7.99. The van der Waals surface area contributed by atoms with E-state index in [9.17, 15) is 8.22 Å². The van der Waals surface area contributed by atoms with E-state index in [1.165, 1.54) is 4.57 Å². The smallest absolute Gasteiger partial charge is 0.166 e. The number of rotatable bonds is 7. The third kappa shape index (κ3) is 6.09. The van der Waals surface area contributed by atoms with Gasteiger partial charge in [-0.2, -0.15) is 0 Å². The quantitative estimate of drug-likeness (QED) is 0.161. The van der Waals surface area contributed by atoms with Crippen molar-refractivity contribution in [1.82, 2.24) is 19.5 Å². The molecule has 3 heterocycles. The summed E-state index contributed by atoms with van der Waals surface area (Å²) in [7, 11) is 0. The van der Waals surface area contributed by atoms with Crippen LogP contribution in [-0.4, -0.2) is 19.5 Å². The van der Waals surface area contributed by atoms with Crippen molar-refractivity contribution in [2.45, 2.75) is 0 Å². The van der Waals surface area contributed by atoms with Gasteiger partial charge in [0.25, 0.3) is 0 Å². The third-order valence-corrected chi connectivity index (χ3v) is 11.9. The van der Waals surface area contributed by atoms with Crippen LogP contribution in [0.4, 0.5) is 0 Å². The number of aromatic nitrogens is 4. The van der Waals surface area contributed by atoms with Gasteiger partial charge in [-0.25, -0.2) is 15.0 Å². The maximum absolute atomic E-state index is 9.96. The molecule has 0 fully saturated rings. The van der Waals surface area contributed by atoms with E-state index in [1.54, 1.807) is 35.6 Å². The van der Waals surface area contributed by atoms with Crippen LogP contribution in [0.25, 0.3) is 115 Å². The van der Waals surface area contributed by atoms with Crippen molar-refractivity contribution in [3.63, 3.8) is 0 Å². The van der Waals surface area contributed by atoms with Gasteiger partial charge in [0.05, 0.1) is 38.7 Å². The van der Waals surface area contributed by atoms with E-state index < -0.39 is 119 Å². The predicted molar refractivity (Wildman–Crippen MR) is 260 cm³/mol. The van der Waals surface area contributed by atoms with Gasteiger partial charge in [-0.15, -0.1) is 11.3 Å². The Morgan fingerprint density at radius 2 is 0.887 bits per heavy atom. The first-order valence-corrected chi connectivity index (χ1v) is 20.4. The van der Waals surface area contributed by atoms with Crippen LogP contribution in [0.1, 0.15) is 21.9 Å². The Bertz CT molecular complexity index is 4390. The molecule has 290 valence electrons.